The molecule has 0 saturated carbocycles. The molecule has 1 unspecified atom stereocenters. The van der Waals surface area contributed by atoms with E-state index in [4.69, 9.17) is 9.47 Å². The molecule has 0 radical (unpaired) electrons. The van der Waals surface area contributed by atoms with E-state index >= 15 is 0 Å². The number of carbonyl (C=O) groups is 1. The number of para-hydroxylation sites is 2. The molecule has 1 aromatic carbocycles. The molecule has 0 fully saturated rings. The van der Waals surface area contributed by atoms with Crippen molar-refractivity contribution in [1.29, 1.82) is 0 Å². The number of nitro groups is 1. The summed E-state index contributed by atoms with van der Waals surface area (Å²) in [5.74, 6) is -0.962. The number of aromatic nitrogens is 2. The molecule has 3 rings (SSSR count). The number of nitrogens with zero attached hydrogens (tertiary/aromatic N) is 3. The van der Waals surface area contributed by atoms with Crippen LogP contribution >= 0.6 is 0 Å². The van der Waals surface area contributed by atoms with Gasteiger partial charge in [-0.15, -0.1) is 13.2 Å². The van der Waals surface area contributed by atoms with E-state index in [0.29, 0.717) is 13.0 Å². The zero-order valence-corrected chi connectivity index (χ0v) is 14.9. The second-order valence-corrected chi connectivity index (χ2v) is 6.38. The predicted molar refractivity (Wildman–Crippen MR) is 90.6 cm³/mol. The van der Waals surface area contributed by atoms with E-state index in [2.05, 4.69) is 15.0 Å². The van der Waals surface area contributed by atoms with Crippen LogP contribution in [0, 0.1) is 10.1 Å². The van der Waals surface area contributed by atoms with Crippen LogP contribution in [0.25, 0.3) is 0 Å². The van der Waals surface area contributed by atoms with Crippen LogP contribution in [0.4, 0.5) is 29.5 Å². The maximum absolute atomic E-state index is 12.4. The third-order valence-electron chi connectivity index (χ3n) is 3.99. The molecule has 1 aliphatic rings. The molecule has 1 N–H and O–H groups in total. The highest BCUT2D eigenvalue weighted by Gasteiger charge is 2.38. The molecule has 1 amide bonds. The number of carbonyl (C=O) groups excluding carboxylic acids is 1. The number of rotatable bonds is 5. The van der Waals surface area contributed by atoms with E-state index < -0.39 is 28.7 Å². The number of hydrogen-bond donors (Lipinski definition) is 1. The van der Waals surface area contributed by atoms with E-state index in [-0.39, 0.29) is 24.1 Å². The fourth-order valence-corrected chi connectivity index (χ4v) is 2.59. The lowest BCUT2D eigenvalue weighted by molar-refractivity contribution is -0.389. The Balaban J connectivity index is 1.60. The van der Waals surface area contributed by atoms with Gasteiger partial charge in [0.25, 0.3) is 0 Å². The third-order valence-corrected chi connectivity index (χ3v) is 3.99. The van der Waals surface area contributed by atoms with Gasteiger partial charge in [-0.2, -0.15) is 0 Å². The van der Waals surface area contributed by atoms with Crippen molar-refractivity contribution in [3.8, 4) is 11.8 Å². The van der Waals surface area contributed by atoms with Gasteiger partial charge in [-0.25, -0.2) is 4.79 Å². The van der Waals surface area contributed by atoms with Gasteiger partial charge in [0.15, 0.2) is 5.75 Å². The Hall–Kier alpha value is -3.51. The summed E-state index contributed by atoms with van der Waals surface area (Å²) < 4.78 is 53.3. The SMILES string of the molecule is CC1(COC(=O)Nc2ccccc2OC(F)(F)F)CCn2cc([N+](=O)[O-])nc2O1. The van der Waals surface area contributed by atoms with Crippen molar-refractivity contribution in [3.05, 3.63) is 40.6 Å². The third kappa shape index (κ3) is 5.06. The van der Waals surface area contributed by atoms with E-state index in [1.54, 1.807) is 6.92 Å². The molecule has 29 heavy (non-hydrogen) atoms. The molecule has 0 saturated heterocycles. The summed E-state index contributed by atoms with van der Waals surface area (Å²) in [7, 11) is 0. The molecule has 2 heterocycles. The zero-order chi connectivity index (χ0) is 21.2. The Bertz CT molecular complexity index is 932. The maximum Gasteiger partial charge on any atom is 0.573 e. The van der Waals surface area contributed by atoms with Crippen LogP contribution in [0.2, 0.25) is 0 Å². The molecule has 1 aliphatic heterocycles. The van der Waals surface area contributed by atoms with Crippen LogP contribution in [-0.2, 0) is 11.3 Å². The summed E-state index contributed by atoms with van der Waals surface area (Å²) in [5, 5.41) is 13.0. The summed E-state index contributed by atoms with van der Waals surface area (Å²) in [4.78, 5) is 25.9. The van der Waals surface area contributed by atoms with Crippen molar-refractivity contribution in [2.24, 2.45) is 0 Å². The number of nitrogens with one attached hydrogen (secondary N) is 1. The Morgan fingerprint density at radius 2 is 2.17 bits per heavy atom. The van der Waals surface area contributed by atoms with Gasteiger partial charge in [-0.1, -0.05) is 12.1 Å². The van der Waals surface area contributed by atoms with Crippen LogP contribution in [0.5, 0.6) is 11.8 Å². The Morgan fingerprint density at radius 1 is 1.45 bits per heavy atom. The lowest BCUT2D eigenvalue weighted by atomic mass is 10.0. The number of hydrogen-bond acceptors (Lipinski definition) is 7. The average molecular weight is 416 g/mol. The van der Waals surface area contributed by atoms with Gasteiger partial charge in [0, 0.05) is 17.9 Å². The average Bonchev–Trinajstić information content (AvgIpc) is 3.04. The number of amides is 1. The minimum Gasteiger partial charge on any atom is -0.445 e. The first-order valence-corrected chi connectivity index (χ1v) is 8.24. The van der Waals surface area contributed by atoms with E-state index in [9.17, 15) is 28.1 Å². The van der Waals surface area contributed by atoms with Crippen LogP contribution in [0.3, 0.4) is 0 Å². The quantitative estimate of drug-likeness (QED) is 0.586. The molecule has 1 aromatic heterocycles. The largest absolute Gasteiger partial charge is 0.573 e. The van der Waals surface area contributed by atoms with Crippen LogP contribution in [0.1, 0.15) is 13.3 Å². The lowest BCUT2D eigenvalue weighted by Gasteiger charge is -2.31. The number of aryl methyl sites for hydroxylation is 1. The molecule has 1 atom stereocenters. The van der Waals surface area contributed by atoms with E-state index in [1.807, 2.05) is 0 Å². The summed E-state index contributed by atoms with van der Waals surface area (Å²) >= 11 is 0. The Labute approximate surface area is 161 Å². The second kappa shape index (κ2) is 7.48. The monoisotopic (exact) mass is 416 g/mol. The fourth-order valence-electron chi connectivity index (χ4n) is 2.59. The number of benzene rings is 1. The highest BCUT2D eigenvalue weighted by Crippen LogP contribution is 2.31. The smallest absolute Gasteiger partial charge is 0.445 e. The molecular formula is C16H15F3N4O6. The number of ether oxygens (including phenoxy) is 3. The van der Waals surface area contributed by atoms with Crippen LogP contribution in [0.15, 0.2) is 30.5 Å². The first-order valence-electron chi connectivity index (χ1n) is 8.24. The van der Waals surface area contributed by atoms with Crippen molar-refractivity contribution in [3.63, 3.8) is 0 Å². The summed E-state index contributed by atoms with van der Waals surface area (Å²) in [6.07, 6.45) is -4.35. The maximum atomic E-state index is 12.4. The standard InChI is InChI=1S/C16H15F3N4O6/c1-15(6-7-22-8-12(23(25)26)21-13(22)29-15)9-27-14(24)20-10-4-2-3-5-11(10)28-16(17,18)19/h2-5,8H,6-7,9H2,1H3,(H,20,24). The van der Waals surface area contributed by atoms with Gasteiger partial charge < -0.3 is 24.3 Å². The van der Waals surface area contributed by atoms with Gasteiger partial charge in [-0.3, -0.25) is 9.88 Å². The normalized spacial score (nSPS) is 18.3. The minimum absolute atomic E-state index is 0.0124. The van der Waals surface area contributed by atoms with Gasteiger partial charge in [0.2, 0.25) is 0 Å². The van der Waals surface area contributed by atoms with E-state index in [1.165, 1.54) is 29.0 Å². The van der Waals surface area contributed by atoms with Crippen molar-refractivity contribution in [2.45, 2.75) is 31.9 Å². The zero-order valence-electron chi connectivity index (χ0n) is 14.9. The van der Waals surface area contributed by atoms with Crippen LogP contribution in [-0.4, -0.2) is 39.1 Å². The molecule has 0 aliphatic carbocycles. The Morgan fingerprint density at radius 3 is 2.86 bits per heavy atom. The molecule has 13 heteroatoms. The molecule has 156 valence electrons. The second-order valence-electron chi connectivity index (χ2n) is 6.38. The van der Waals surface area contributed by atoms with Gasteiger partial charge in [0.1, 0.15) is 18.4 Å². The van der Waals surface area contributed by atoms with Crippen molar-refractivity contribution in [1.82, 2.24) is 9.55 Å². The number of anilines is 1. The fraction of sp³-hybridized carbons (Fsp3) is 0.375. The van der Waals surface area contributed by atoms with Gasteiger partial charge >= 0.3 is 24.3 Å². The van der Waals surface area contributed by atoms with Crippen molar-refractivity contribution in [2.75, 3.05) is 11.9 Å². The summed E-state index contributed by atoms with van der Waals surface area (Å²) in [6.45, 7) is 1.70. The number of alkyl halides is 3. The van der Waals surface area contributed by atoms with Gasteiger partial charge in [0.05, 0.1) is 5.69 Å². The molecule has 0 bridgehead atoms. The highest BCUT2D eigenvalue weighted by molar-refractivity contribution is 5.86. The number of fused-ring (bicyclic) bond motifs is 1. The van der Waals surface area contributed by atoms with Crippen LogP contribution < -0.4 is 14.8 Å². The lowest BCUT2D eigenvalue weighted by Crippen LogP contribution is -2.43. The summed E-state index contributed by atoms with van der Waals surface area (Å²) in [5.41, 5.74) is -1.25. The topological polar surface area (TPSA) is 118 Å². The van der Waals surface area contributed by atoms with Gasteiger partial charge in [-0.05, 0) is 24.0 Å². The minimum atomic E-state index is -4.92. The number of halogens is 3. The predicted octanol–water partition coefficient (Wildman–Crippen LogP) is 3.48. The molecule has 0 spiro atoms. The Kier molecular flexibility index (Phi) is 5.22. The summed E-state index contributed by atoms with van der Waals surface area (Å²) in [6, 6.07) is 5.00. The molecule has 10 nitrogen and oxygen atoms in total. The first-order chi connectivity index (χ1) is 13.5. The van der Waals surface area contributed by atoms with E-state index in [0.717, 1.165) is 6.07 Å². The van der Waals surface area contributed by atoms with Crippen molar-refractivity contribution >= 4 is 17.6 Å². The molecule has 2 aromatic rings. The molecular weight excluding hydrogens is 401 g/mol. The van der Waals surface area contributed by atoms with Crippen molar-refractivity contribution < 1.29 is 37.1 Å². The number of imidazole rings is 1. The highest BCUT2D eigenvalue weighted by atomic mass is 19.4. The first kappa shape index (κ1) is 20.2.